The first-order valence-electron chi connectivity index (χ1n) is 7.48. The summed E-state index contributed by atoms with van der Waals surface area (Å²) in [5.41, 5.74) is 8.55. The van der Waals surface area contributed by atoms with Gasteiger partial charge in [0.15, 0.2) is 0 Å². The Balaban J connectivity index is 2.93. The minimum absolute atomic E-state index is 0.664. The molecule has 0 heterocycles. The van der Waals surface area contributed by atoms with Gasteiger partial charge in [-0.3, -0.25) is 0 Å². The molecule has 1 rings (SSSR count). The second-order valence-corrected chi connectivity index (χ2v) is 6.24. The van der Waals surface area contributed by atoms with Gasteiger partial charge in [0, 0.05) is 13.1 Å². The van der Waals surface area contributed by atoms with Crippen molar-refractivity contribution in [2.75, 3.05) is 23.7 Å². The highest BCUT2D eigenvalue weighted by Gasteiger charge is 2.12. The maximum absolute atomic E-state index is 9.06. The lowest BCUT2D eigenvalue weighted by Crippen LogP contribution is -2.28. The summed E-state index contributed by atoms with van der Waals surface area (Å²) in [4.78, 5) is 2.33. The molecule has 0 saturated carbocycles. The minimum atomic E-state index is 0.664. The second-order valence-electron chi connectivity index (χ2n) is 6.24. The third-order valence-electron chi connectivity index (χ3n) is 3.45. The number of nitrogens with two attached hydrogens (primary N) is 1. The van der Waals surface area contributed by atoms with Crippen LogP contribution in [0.5, 0.6) is 0 Å². The van der Waals surface area contributed by atoms with Gasteiger partial charge >= 0.3 is 0 Å². The molecular weight excluding hydrogens is 246 g/mol. The molecule has 2 N–H and O–H groups in total. The Morgan fingerprint density at radius 2 is 1.65 bits per heavy atom. The van der Waals surface area contributed by atoms with Crippen LogP contribution in [-0.4, -0.2) is 13.1 Å². The number of benzene rings is 1. The number of nitriles is 1. The molecule has 0 aliphatic heterocycles. The number of hydrogen-bond acceptors (Lipinski definition) is 3. The summed E-state index contributed by atoms with van der Waals surface area (Å²) in [7, 11) is 0. The van der Waals surface area contributed by atoms with Crippen molar-refractivity contribution in [3.8, 4) is 6.07 Å². The van der Waals surface area contributed by atoms with Crippen LogP contribution in [-0.2, 0) is 0 Å². The normalized spacial score (nSPS) is 10.8. The second kappa shape index (κ2) is 7.79. The predicted molar refractivity (Wildman–Crippen MR) is 86.7 cm³/mol. The Labute approximate surface area is 123 Å². The number of nitrogens with zero attached hydrogens (tertiary/aromatic N) is 2. The van der Waals surface area contributed by atoms with Gasteiger partial charge in [-0.1, -0.05) is 27.7 Å². The van der Waals surface area contributed by atoms with E-state index in [-0.39, 0.29) is 0 Å². The maximum Gasteiger partial charge on any atom is 0.0992 e. The molecule has 1 aromatic carbocycles. The van der Waals surface area contributed by atoms with E-state index < -0.39 is 0 Å². The van der Waals surface area contributed by atoms with E-state index in [2.05, 4.69) is 38.7 Å². The van der Waals surface area contributed by atoms with Gasteiger partial charge in [0.2, 0.25) is 0 Å². The van der Waals surface area contributed by atoms with Crippen LogP contribution < -0.4 is 10.6 Å². The summed E-state index contributed by atoms with van der Waals surface area (Å²) in [6.45, 7) is 10.9. The molecule has 0 atom stereocenters. The van der Waals surface area contributed by atoms with Crippen molar-refractivity contribution >= 4 is 11.4 Å². The third-order valence-corrected chi connectivity index (χ3v) is 3.45. The molecule has 0 radical (unpaired) electrons. The van der Waals surface area contributed by atoms with Gasteiger partial charge in [-0.25, -0.2) is 0 Å². The lowest BCUT2D eigenvalue weighted by molar-refractivity contribution is 0.535. The lowest BCUT2D eigenvalue weighted by atomic mass is 10.1. The highest BCUT2D eigenvalue weighted by Crippen LogP contribution is 2.26. The zero-order valence-corrected chi connectivity index (χ0v) is 13.2. The Bertz CT molecular complexity index is 446. The van der Waals surface area contributed by atoms with Crippen molar-refractivity contribution in [2.24, 2.45) is 11.8 Å². The largest absolute Gasteiger partial charge is 0.397 e. The molecule has 0 aliphatic carbocycles. The SMILES string of the molecule is CC(C)CCN(CCC(C)C)c1cc(C#N)ccc1N. The molecular formula is C17H27N3. The first kappa shape index (κ1) is 16.4. The van der Waals surface area contributed by atoms with Crippen molar-refractivity contribution in [3.05, 3.63) is 23.8 Å². The van der Waals surface area contributed by atoms with E-state index in [1.165, 1.54) is 0 Å². The standard InChI is InChI=1S/C17H27N3/c1-13(2)7-9-20(10-8-14(3)4)17-11-15(12-18)5-6-16(17)19/h5-6,11,13-14H,7-10,19H2,1-4H3. The van der Waals surface area contributed by atoms with E-state index in [9.17, 15) is 0 Å². The zero-order chi connectivity index (χ0) is 15.1. The van der Waals surface area contributed by atoms with Crippen molar-refractivity contribution in [1.82, 2.24) is 0 Å². The Morgan fingerprint density at radius 3 is 2.10 bits per heavy atom. The molecule has 110 valence electrons. The molecule has 0 spiro atoms. The van der Waals surface area contributed by atoms with E-state index in [1.54, 1.807) is 6.07 Å². The van der Waals surface area contributed by atoms with E-state index >= 15 is 0 Å². The molecule has 1 aromatic rings. The maximum atomic E-state index is 9.06. The van der Waals surface area contributed by atoms with Crippen LogP contribution in [0.1, 0.15) is 46.1 Å². The molecule has 0 aliphatic rings. The Hall–Kier alpha value is -1.69. The summed E-state index contributed by atoms with van der Waals surface area (Å²) >= 11 is 0. The van der Waals surface area contributed by atoms with Gasteiger partial charge < -0.3 is 10.6 Å². The van der Waals surface area contributed by atoms with Gasteiger partial charge in [0.05, 0.1) is 23.0 Å². The topological polar surface area (TPSA) is 53.0 Å². The van der Waals surface area contributed by atoms with Crippen LogP contribution in [0.2, 0.25) is 0 Å². The molecule has 3 heteroatoms. The average molecular weight is 273 g/mol. The van der Waals surface area contributed by atoms with Crippen LogP contribution in [0.25, 0.3) is 0 Å². The minimum Gasteiger partial charge on any atom is -0.397 e. The van der Waals surface area contributed by atoms with Gasteiger partial charge in [-0.05, 0) is 42.9 Å². The molecule has 0 aromatic heterocycles. The third kappa shape index (κ3) is 5.13. The van der Waals surface area contributed by atoms with Gasteiger partial charge in [0.1, 0.15) is 0 Å². The van der Waals surface area contributed by atoms with E-state index in [1.807, 2.05) is 12.1 Å². The molecule has 0 fully saturated rings. The summed E-state index contributed by atoms with van der Waals surface area (Å²) in [6, 6.07) is 7.73. The first-order chi connectivity index (χ1) is 9.43. The monoisotopic (exact) mass is 273 g/mol. The van der Waals surface area contributed by atoms with Crippen LogP contribution in [0.4, 0.5) is 11.4 Å². The van der Waals surface area contributed by atoms with Crippen LogP contribution in [0.15, 0.2) is 18.2 Å². The number of hydrogen-bond donors (Lipinski definition) is 1. The van der Waals surface area contributed by atoms with Gasteiger partial charge in [-0.15, -0.1) is 0 Å². The number of anilines is 2. The number of nitrogen functional groups attached to an aromatic ring is 1. The van der Waals surface area contributed by atoms with Crippen LogP contribution in [0.3, 0.4) is 0 Å². The first-order valence-corrected chi connectivity index (χ1v) is 7.48. The van der Waals surface area contributed by atoms with Crippen molar-refractivity contribution in [2.45, 2.75) is 40.5 Å². The smallest absolute Gasteiger partial charge is 0.0992 e. The fourth-order valence-corrected chi connectivity index (χ4v) is 2.07. The van der Waals surface area contributed by atoms with Crippen LogP contribution in [0, 0.1) is 23.2 Å². The summed E-state index contributed by atoms with van der Waals surface area (Å²) in [5, 5.41) is 9.06. The molecule has 3 nitrogen and oxygen atoms in total. The highest BCUT2D eigenvalue weighted by atomic mass is 15.1. The Morgan fingerprint density at radius 1 is 1.10 bits per heavy atom. The van der Waals surface area contributed by atoms with Crippen LogP contribution >= 0.6 is 0 Å². The number of rotatable bonds is 7. The summed E-state index contributed by atoms with van der Waals surface area (Å²) in [6.07, 6.45) is 2.27. The molecule has 20 heavy (non-hydrogen) atoms. The van der Waals surface area contributed by atoms with Crippen molar-refractivity contribution < 1.29 is 0 Å². The fraction of sp³-hybridized carbons (Fsp3) is 0.588. The predicted octanol–water partition coefficient (Wildman–Crippen LogP) is 4.04. The van der Waals surface area contributed by atoms with Gasteiger partial charge in [0.25, 0.3) is 0 Å². The fourth-order valence-electron chi connectivity index (χ4n) is 2.07. The van der Waals surface area contributed by atoms with E-state index in [0.717, 1.165) is 37.3 Å². The van der Waals surface area contributed by atoms with Crippen molar-refractivity contribution in [3.63, 3.8) is 0 Å². The van der Waals surface area contributed by atoms with E-state index in [4.69, 9.17) is 11.0 Å². The molecule has 0 bridgehead atoms. The molecule has 0 saturated heterocycles. The zero-order valence-electron chi connectivity index (χ0n) is 13.2. The molecule has 0 unspecified atom stereocenters. The Kier molecular flexibility index (Phi) is 6.38. The summed E-state index contributed by atoms with van der Waals surface area (Å²) < 4.78 is 0. The van der Waals surface area contributed by atoms with E-state index in [0.29, 0.717) is 17.4 Å². The lowest BCUT2D eigenvalue weighted by Gasteiger charge is -2.28. The summed E-state index contributed by atoms with van der Waals surface area (Å²) in [5.74, 6) is 1.33. The molecule has 0 amide bonds. The quantitative estimate of drug-likeness (QED) is 0.763. The average Bonchev–Trinajstić information content (AvgIpc) is 2.39. The van der Waals surface area contributed by atoms with Crippen molar-refractivity contribution in [1.29, 1.82) is 5.26 Å². The highest BCUT2D eigenvalue weighted by molar-refractivity contribution is 5.69. The van der Waals surface area contributed by atoms with Gasteiger partial charge in [-0.2, -0.15) is 5.26 Å².